The molecule has 0 atom stereocenters. The lowest BCUT2D eigenvalue weighted by Crippen LogP contribution is -2.02. The summed E-state index contributed by atoms with van der Waals surface area (Å²) in [4.78, 5) is 10.9. The molecule has 0 amide bonds. The lowest BCUT2D eigenvalue weighted by Gasteiger charge is -2.03. The minimum Gasteiger partial charge on any atom is -0.478 e. The first-order valence-corrected chi connectivity index (χ1v) is 6.07. The second-order valence-corrected chi connectivity index (χ2v) is 4.24. The summed E-state index contributed by atoms with van der Waals surface area (Å²) in [5, 5.41) is 18.8. The molecule has 0 spiro atoms. The van der Waals surface area contributed by atoms with Gasteiger partial charge in [0, 0.05) is 29.2 Å². The minimum absolute atomic E-state index is 0.412. The molecule has 0 unspecified atom stereocenters. The van der Waals surface area contributed by atoms with E-state index in [2.05, 4.69) is 6.07 Å². The van der Waals surface area contributed by atoms with Crippen LogP contribution in [-0.4, -0.2) is 15.6 Å². The van der Waals surface area contributed by atoms with Crippen molar-refractivity contribution in [2.75, 3.05) is 0 Å². The molecule has 0 saturated carbocycles. The monoisotopic (exact) mass is 254 g/mol. The van der Waals surface area contributed by atoms with Gasteiger partial charge in [0.1, 0.15) is 0 Å². The Morgan fingerprint density at radius 3 is 2.89 bits per heavy atom. The van der Waals surface area contributed by atoms with Crippen molar-refractivity contribution in [3.05, 3.63) is 47.7 Å². The van der Waals surface area contributed by atoms with Crippen molar-refractivity contribution in [2.45, 2.75) is 19.9 Å². The van der Waals surface area contributed by atoms with Gasteiger partial charge in [-0.3, -0.25) is 0 Å². The number of rotatable bonds is 4. The normalized spacial score (nSPS) is 11.5. The number of aromatic nitrogens is 1. The third-order valence-corrected chi connectivity index (χ3v) is 3.09. The third-order valence-electron chi connectivity index (χ3n) is 3.09. The number of carboxylic acid groups (broad SMARTS) is 1. The Bertz CT molecular complexity index is 690. The van der Waals surface area contributed by atoms with Crippen LogP contribution in [0.4, 0.5) is 0 Å². The number of aliphatic carboxylic acids is 1. The molecular formula is C15H14N2O2. The van der Waals surface area contributed by atoms with E-state index in [-0.39, 0.29) is 0 Å². The first-order chi connectivity index (χ1) is 9.15. The number of nitriles is 1. The highest BCUT2D eigenvalue weighted by Gasteiger charge is 2.05. The molecule has 0 fully saturated rings. The standard InChI is InChI=1S/C15H14N2O2/c1-2-12(15(18)19)5-7-17-8-6-13-9-11(10-16)3-4-14(13)17/h3-6,8-9H,2,7H2,1H3,(H,18,19)/b12-5-. The molecule has 4 nitrogen and oxygen atoms in total. The molecule has 0 bridgehead atoms. The highest BCUT2D eigenvalue weighted by molar-refractivity contribution is 5.86. The topological polar surface area (TPSA) is 66.0 Å². The number of carbonyl (C=O) groups is 1. The fourth-order valence-electron chi connectivity index (χ4n) is 2.02. The predicted octanol–water partition coefficient (Wildman–Crippen LogP) is 2.93. The zero-order chi connectivity index (χ0) is 13.8. The summed E-state index contributed by atoms with van der Waals surface area (Å²) in [7, 11) is 0. The summed E-state index contributed by atoms with van der Waals surface area (Å²) >= 11 is 0. The van der Waals surface area contributed by atoms with Crippen molar-refractivity contribution in [3.63, 3.8) is 0 Å². The first kappa shape index (κ1) is 12.9. The summed E-state index contributed by atoms with van der Waals surface area (Å²) in [5.74, 6) is -0.870. The van der Waals surface area contributed by atoms with Gasteiger partial charge in [-0.15, -0.1) is 0 Å². The number of benzene rings is 1. The van der Waals surface area contributed by atoms with Gasteiger partial charge in [0.15, 0.2) is 0 Å². The molecule has 96 valence electrons. The second kappa shape index (κ2) is 5.40. The summed E-state index contributed by atoms with van der Waals surface area (Å²) in [6.07, 6.45) is 4.13. The van der Waals surface area contributed by atoms with Crippen LogP contribution in [0.25, 0.3) is 10.9 Å². The largest absolute Gasteiger partial charge is 0.478 e. The lowest BCUT2D eigenvalue weighted by atomic mass is 10.2. The maximum Gasteiger partial charge on any atom is 0.331 e. The molecule has 19 heavy (non-hydrogen) atoms. The molecular weight excluding hydrogens is 240 g/mol. The van der Waals surface area contributed by atoms with Crippen molar-refractivity contribution < 1.29 is 9.90 Å². The van der Waals surface area contributed by atoms with Crippen LogP contribution in [0.15, 0.2) is 42.1 Å². The first-order valence-electron chi connectivity index (χ1n) is 6.07. The number of hydrogen-bond acceptors (Lipinski definition) is 2. The SMILES string of the molecule is CC/C(=C/Cn1ccc2cc(C#N)ccc21)C(=O)O. The lowest BCUT2D eigenvalue weighted by molar-refractivity contribution is -0.132. The number of fused-ring (bicyclic) bond motifs is 1. The summed E-state index contributed by atoms with van der Waals surface area (Å²) < 4.78 is 1.97. The molecule has 0 saturated heterocycles. The van der Waals surface area contributed by atoms with Crippen molar-refractivity contribution in [1.82, 2.24) is 4.57 Å². The molecule has 1 aromatic carbocycles. The van der Waals surface area contributed by atoms with Crippen molar-refractivity contribution in [3.8, 4) is 6.07 Å². The highest BCUT2D eigenvalue weighted by Crippen LogP contribution is 2.18. The van der Waals surface area contributed by atoms with E-state index in [1.807, 2.05) is 35.9 Å². The highest BCUT2D eigenvalue weighted by atomic mass is 16.4. The zero-order valence-electron chi connectivity index (χ0n) is 10.6. The second-order valence-electron chi connectivity index (χ2n) is 4.24. The Kier molecular flexibility index (Phi) is 3.67. The van der Waals surface area contributed by atoms with Gasteiger partial charge in [-0.05, 0) is 30.7 Å². The van der Waals surface area contributed by atoms with Gasteiger partial charge in [0.05, 0.1) is 11.6 Å². The molecule has 4 heteroatoms. The van der Waals surface area contributed by atoms with E-state index in [1.54, 1.807) is 12.1 Å². The molecule has 2 rings (SSSR count). The molecule has 1 heterocycles. The summed E-state index contributed by atoms with van der Waals surface area (Å²) in [6.45, 7) is 2.35. The van der Waals surface area contributed by atoms with Gasteiger partial charge in [0.2, 0.25) is 0 Å². The fourth-order valence-corrected chi connectivity index (χ4v) is 2.02. The van der Waals surface area contributed by atoms with E-state index in [0.717, 1.165) is 10.9 Å². The van der Waals surface area contributed by atoms with Crippen LogP contribution in [0.1, 0.15) is 18.9 Å². The summed E-state index contributed by atoms with van der Waals surface area (Å²) in [6, 6.07) is 9.51. The molecule has 0 aliphatic carbocycles. The number of carboxylic acids is 1. The van der Waals surface area contributed by atoms with Crippen LogP contribution in [0.3, 0.4) is 0 Å². The van der Waals surface area contributed by atoms with Crippen LogP contribution in [0.5, 0.6) is 0 Å². The third kappa shape index (κ3) is 2.66. The molecule has 0 aliphatic rings. The van der Waals surface area contributed by atoms with Gasteiger partial charge in [-0.1, -0.05) is 13.0 Å². The minimum atomic E-state index is -0.870. The van der Waals surface area contributed by atoms with E-state index >= 15 is 0 Å². The molecule has 1 aromatic heterocycles. The Morgan fingerprint density at radius 1 is 1.47 bits per heavy atom. The Labute approximate surface area is 111 Å². The number of hydrogen-bond donors (Lipinski definition) is 1. The van der Waals surface area contributed by atoms with Crippen LogP contribution in [0.2, 0.25) is 0 Å². The Balaban J connectivity index is 2.32. The summed E-state index contributed by atoms with van der Waals surface area (Å²) in [5.41, 5.74) is 2.03. The van der Waals surface area contributed by atoms with E-state index < -0.39 is 5.97 Å². The maximum atomic E-state index is 10.9. The van der Waals surface area contributed by atoms with E-state index in [1.165, 1.54) is 0 Å². The van der Waals surface area contributed by atoms with Crippen LogP contribution in [0, 0.1) is 11.3 Å². The fraction of sp³-hybridized carbons (Fsp3) is 0.200. The van der Waals surface area contributed by atoms with E-state index in [9.17, 15) is 4.79 Å². The maximum absolute atomic E-state index is 10.9. The van der Waals surface area contributed by atoms with Gasteiger partial charge in [-0.25, -0.2) is 4.79 Å². The van der Waals surface area contributed by atoms with Gasteiger partial charge >= 0.3 is 5.97 Å². The number of nitrogens with zero attached hydrogens (tertiary/aromatic N) is 2. The molecule has 0 radical (unpaired) electrons. The average Bonchev–Trinajstić information content (AvgIpc) is 2.81. The van der Waals surface area contributed by atoms with E-state index in [4.69, 9.17) is 10.4 Å². The van der Waals surface area contributed by atoms with Gasteiger partial charge in [0.25, 0.3) is 0 Å². The quantitative estimate of drug-likeness (QED) is 0.853. The average molecular weight is 254 g/mol. The van der Waals surface area contributed by atoms with Crippen LogP contribution < -0.4 is 0 Å². The molecule has 0 aliphatic heterocycles. The van der Waals surface area contributed by atoms with Crippen molar-refractivity contribution >= 4 is 16.9 Å². The Morgan fingerprint density at radius 2 is 2.26 bits per heavy atom. The van der Waals surface area contributed by atoms with E-state index in [0.29, 0.717) is 24.1 Å². The van der Waals surface area contributed by atoms with Crippen molar-refractivity contribution in [2.24, 2.45) is 0 Å². The predicted molar refractivity (Wildman–Crippen MR) is 72.7 cm³/mol. The van der Waals surface area contributed by atoms with Crippen LogP contribution >= 0.6 is 0 Å². The molecule has 2 aromatic rings. The van der Waals surface area contributed by atoms with Crippen LogP contribution in [-0.2, 0) is 11.3 Å². The van der Waals surface area contributed by atoms with Gasteiger partial charge < -0.3 is 9.67 Å². The van der Waals surface area contributed by atoms with Crippen molar-refractivity contribution in [1.29, 1.82) is 5.26 Å². The Hall–Kier alpha value is -2.54. The molecule has 1 N–H and O–H groups in total. The zero-order valence-corrected chi connectivity index (χ0v) is 10.6. The van der Waals surface area contributed by atoms with Gasteiger partial charge in [-0.2, -0.15) is 5.26 Å². The smallest absolute Gasteiger partial charge is 0.331 e. The number of allylic oxidation sites excluding steroid dienone is 1.